The minimum atomic E-state index is -0.0295. The number of nitrogens with zero attached hydrogens (tertiary/aromatic N) is 3. The second-order valence-electron chi connectivity index (χ2n) is 6.96. The van der Waals surface area contributed by atoms with Gasteiger partial charge >= 0.3 is 0 Å². The van der Waals surface area contributed by atoms with E-state index in [-0.39, 0.29) is 18.0 Å². The summed E-state index contributed by atoms with van der Waals surface area (Å²) in [5.74, 6) is 1.65. The highest BCUT2D eigenvalue weighted by Gasteiger charge is 2.26. The average molecular weight is 372 g/mol. The van der Waals surface area contributed by atoms with E-state index in [2.05, 4.69) is 25.2 Å². The van der Waals surface area contributed by atoms with Gasteiger partial charge in [0.1, 0.15) is 17.8 Å². The Bertz CT molecular complexity index is 847. The van der Waals surface area contributed by atoms with Gasteiger partial charge in [0.15, 0.2) is 0 Å². The zero-order valence-corrected chi connectivity index (χ0v) is 15.7. The number of nitrogens with two attached hydrogens (primary N) is 1. The summed E-state index contributed by atoms with van der Waals surface area (Å²) in [6.45, 7) is 2.84. The monoisotopic (exact) mass is 372 g/mol. The Labute approximate surface area is 156 Å². The van der Waals surface area contributed by atoms with E-state index < -0.39 is 0 Å². The Hall–Kier alpha value is -2.06. The van der Waals surface area contributed by atoms with Crippen LogP contribution in [0.3, 0.4) is 0 Å². The fourth-order valence-corrected chi connectivity index (χ4v) is 4.58. The molecule has 0 radical (unpaired) electrons. The summed E-state index contributed by atoms with van der Waals surface area (Å²) in [4.78, 5) is 27.4. The number of carbonyl (C=O) groups is 1. The van der Waals surface area contributed by atoms with Crippen molar-refractivity contribution in [3.8, 4) is 0 Å². The van der Waals surface area contributed by atoms with Gasteiger partial charge in [-0.3, -0.25) is 4.79 Å². The third kappa shape index (κ3) is 3.31. The van der Waals surface area contributed by atoms with E-state index >= 15 is 0 Å². The molecule has 2 aromatic heterocycles. The van der Waals surface area contributed by atoms with Gasteiger partial charge in [-0.15, -0.1) is 11.8 Å². The van der Waals surface area contributed by atoms with E-state index in [4.69, 9.17) is 5.73 Å². The topological polar surface area (TPSA) is 99.9 Å². The number of hydrogen-bond acceptors (Lipinski definition) is 6. The number of carbonyl (C=O) groups excluding carboxylic acids is 1. The number of H-pyrrole nitrogens is 1. The van der Waals surface area contributed by atoms with E-state index in [1.807, 2.05) is 19.3 Å². The number of aromatic amines is 1. The number of rotatable bonds is 3. The molecule has 2 unspecified atom stereocenters. The Balaban J connectivity index is 1.57. The zero-order valence-electron chi connectivity index (χ0n) is 14.9. The molecule has 0 bridgehead atoms. The molecule has 1 amide bonds. The van der Waals surface area contributed by atoms with Crippen molar-refractivity contribution in [2.75, 3.05) is 17.2 Å². The largest absolute Gasteiger partial charge is 0.347 e. The Kier molecular flexibility index (Phi) is 4.86. The van der Waals surface area contributed by atoms with E-state index in [0.717, 1.165) is 60.4 Å². The molecule has 26 heavy (non-hydrogen) atoms. The summed E-state index contributed by atoms with van der Waals surface area (Å²) in [7, 11) is 0. The van der Waals surface area contributed by atoms with Gasteiger partial charge in [-0.2, -0.15) is 0 Å². The van der Waals surface area contributed by atoms with Crippen LogP contribution < -0.4 is 16.0 Å². The maximum atomic E-state index is 12.7. The lowest BCUT2D eigenvalue weighted by Crippen LogP contribution is -2.49. The Morgan fingerprint density at radius 1 is 1.38 bits per heavy atom. The van der Waals surface area contributed by atoms with Crippen LogP contribution in [0.15, 0.2) is 23.6 Å². The van der Waals surface area contributed by atoms with Crippen LogP contribution in [-0.2, 0) is 4.79 Å². The molecule has 1 aliphatic carbocycles. The van der Waals surface area contributed by atoms with Crippen LogP contribution in [0.2, 0.25) is 0 Å². The first kappa shape index (κ1) is 17.4. The molecule has 3 heterocycles. The number of thioether (sulfide) groups is 1. The van der Waals surface area contributed by atoms with Crippen LogP contribution in [-0.4, -0.2) is 45.2 Å². The number of anilines is 1. The van der Waals surface area contributed by atoms with Crippen molar-refractivity contribution in [3.05, 3.63) is 29.2 Å². The first-order valence-corrected chi connectivity index (χ1v) is 10.1. The van der Waals surface area contributed by atoms with Crippen molar-refractivity contribution < 1.29 is 4.79 Å². The molecule has 4 N–H and O–H groups in total. The van der Waals surface area contributed by atoms with Crippen LogP contribution in [0.25, 0.3) is 11.0 Å². The van der Waals surface area contributed by atoms with Crippen LogP contribution in [0, 0.1) is 6.92 Å². The predicted molar refractivity (Wildman–Crippen MR) is 105 cm³/mol. The van der Waals surface area contributed by atoms with E-state index in [1.165, 1.54) is 0 Å². The SMILES string of the molecule is Cc1c[nH]c2ncnc(N3C=C(C(=O)NC4CCCCC4N)SCC3)c12. The Morgan fingerprint density at radius 2 is 2.23 bits per heavy atom. The van der Waals surface area contributed by atoms with Crippen molar-refractivity contribution in [2.45, 2.75) is 44.7 Å². The first-order chi connectivity index (χ1) is 12.6. The summed E-state index contributed by atoms with van der Waals surface area (Å²) in [6.07, 6.45) is 9.62. The second kappa shape index (κ2) is 7.28. The molecule has 7 nitrogen and oxygen atoms in total. The quantitative estimate of drug-likeness (QED) is 0.762. The number of aromatic nitrogens is 3. The molecule has 0 spiro atoms. The highest BCUT2D eigenvalue weighted by molar-refractivity contribution is 8.04. The van der Waals surface area contributed by atoms with Crippen LogP contribution in [0.4, 0.5) is 5.82 Å². The van der Waals surface area contributed by atoms with Crippen molar-refractivity contribution in [2.24, 2.45) is 5.73 Å². The maximum Gasteiger partial charge on any atom is 0.259 e. The van der Waals surface area contributed by atoms with Crippen molar-refractivity contribution in [1.82, 2.24) is 20.3 Å². The number of hydrogen-bond donors (Lipinski definition) is 3. The highest BCUT2D eigenvalue weighted by Crippen LogP contribution is 2.31. The predicted octanol–water partition coefficient (Wildman–Crippen LogP) is 2.05. The van der Waals surface area contributed by atoms with Crippen LogP contribution in [0.1, 0.15) is 31.2 Å². The minimum Gasteiger partial charge on any atom is -0.347 e. The zero-order chi connectivity index (χ0) is 18.1. The van der Waals surface area contributed by atoms with Gasteiger partial charge in [-0.05, 0) is 25.3 Å². The number of aryl methyl sites for hydroxylation is 1. The van der Waals surface area contributed by atoms with Gasteiger partial charge in [0.25, 0.3) is 5.91 Å². The molecule has 1 fully saturated rings. The van der Waals surface area contributed by atoms with Gasteiger partial charge in [-0.1, -0.05) is 12.8 Å². The summed E-state index contributed by atoms with van der Waals surface area (Å²) < 4.78 is 0. The van der Waals surface area contributed by atoms with Crippen molar-refractivity contribution >= 4 is 34.5 Å². The maximum absolute atomic E-state index is 12.7. The molecule has 8 heteroatoms. The molecule has 2 atom stereocenters. The summed E-state index contributed by atoms with van der Waals surface area (Å²) >= 11 is 1.59. The molecule has 0 saturated heterocycles. The number of fused-ring (bicyclic) bond motifs is 1. The normalized spacial score (nSPS) is 23.8. The molecule has 138 valence electrons. The lowest BCUT2D eigenvalue weighted by molar-refractivity contribution is -0.117. The number of amides is 1. The van der Waals surface area contributed by atoms with E-state index in [0.29, 0.717) is 4.91 Å². The summed E-state index contributed by atoms with van der Waals surface area (Å²) in [6, 6.07) is 0.132. The first-order valence-electron chi connectivity index (χ1n) is 9.10. The second-order valence-corrected chi connectivity index (χ2v) is 8.09. The Morgan fingerprint density at radius 3 is 3.08 bits per heavy atom. The van der Waals surface area contributed by atoms with Crippen molar-refractivity contribution in [3.63, 3.8) is 0 Å². The fraction of sp³-hybridized carbons (Fsp3) is 0.500. The standard InChI is InChI=1S/C18H24N6OS/c1-11-8-20-16-15(11)17(22-10-21-16)24-6-7-26-14(9-24)18(25)23-13-5-3-2-4-12(13)19/h8-10,12-13H,2-7,19H2,1H3,(H,23,25)(H,20,21,22). The van der Waals surface area contributed by atoms with Gasteiger partial charge in [0, 0.05) is 36.8 Å². The molecule has 4 rings (SSSR count). The summed E-state index contributed by atoms with van der Waals surface area (Å²) in [5, 5.41) is 4.14. The molecule has 1 saturated carbocycles. The van der Waals surface area contributed by atoms with E-state index in [9.17, 15) is 4.79 Å². The molecular formula is C18H24N6OS. The van der Waals surface area contributed by atoms with E-state index in [1.54, 1.807) is 18.1 Å². The van der Waals surface area contributed by atoms with Gasteiger partial charge in [0.2, 0.25) is 0 Å². The van der Waals surface area contributed by atoms with Crippen LogP contribution >= 0.6 is 11.8 Å². The lowest BCUT2D eigenvalue weighted by atomic mass is 9.91. The minimum absolute atomic E-state index is 0.0295. The van der Waals surface area contributed by atoms with Gasteiger partial charge < -0.3 is 20.9 Å². The molecular weight excluding hydrogens is 348 g/mol. The molecule has 2 aromatic rings. The average Bonchev–Trinajstić information content (AvgIpc) is 3.05. The highest BCUT2D eigenvalue weighted by atomic mass is 32.2. The van der Waals surface area contributed by atoms with Gasteiger partial charge in [-0.25, -0.2) is 9.97 Å². The lowest BCUT2D eigenvalue weighted by Gasteiger charge is -2.31. The van der Waals surface area contributed by atoms with Crippen LogP contribution in [0.5, 0.6) is 0 Å². The smallest absolute Gasteiger partial charge is 0.259 e. The fourth-order valence-electron chi connectivity index (χ4n) is 3.68. The third-order valence-electron chi connectivity index (χ3n) is 5.14. The van der Waals surface area contributed by atoms with Crippen molar-refractivity contribution in [1.29, 1.82) is 0 Å². The molecule has 0 aromatic carbocycles. The third-order valence-corrected chi connectivity index (χ3v) is 6.13. The molecule has 2 aliphatic rings. The number of nitrogens with one attached hydrogen (secondary N) is 2. The summed E-state index contributed by atoms with van der Waals surface area (Å²) in [5.41, 5.74) is 8.09. The molecule has 1 aliphatic heterocycles. The van der Waals surface area contributed by atoms with Gasteiger partial charge in [0.05, 0.1) is 10.3 Å².